The van der Waals surface area contributed by atoms with Crippen LogP contribution in [0.15, 0.2) is 42.5 Å². The number of benzene rings is 2. The van der Waals surface area contributed by atoms with Gasteiger partial charge in [0.1, 0.15) is 0 Å². The van der Waals surface area contributed by atoms with Crippen LogP contribution in [-0.4, -0.2) is 54.6 Å². The molecule has 2 aromatic carbocycles. The molecular weight excluding hydrogens is 523 g/mol. The minimum atomic E-state index is -4.52. The van der Waals surface area contributed by atoms with Crippen LogP contribution in [0.3, 0.4) is 0 Å². The number of halogens is 3. The van der Waals surface area contributed by atoms with Crippen LogP contribution >= 0.6 is 0 Å². The second kappa shape index (κ2) is 13.6. The Hall–Kier alpha value is -3.60. The van der Waals surface area contributed by atoms with Gasteiger partial charge in [-0.25, -0.2) is 4.98 Å². The van der Waals surface area contributed by atoms with Crippen molar-refractivity contribution < 1.29 is 27.5 Å². The Kier molecular flexibility index (Phi) is 10.0. The molecule has 1 aromatic heterocycles. The van der Waals surface area contributed by atoms with Crippen LogP contribution in [0, 0.1) is 5.92 Å². The Balaban J connectivity index is 0.000000189. The number of nitrogens with one attached hydrogen (secondary N) is 4. The van der Waals surface area contributed by atoms with Gasteiger partial charge in [0, 0.05) is 30.9 Å². The summed E-state index contributed by atoms with van der Waals surface area (Å²) in [5, 5.41) is 9.21. The lowest BCUT2D eigenvalue weighted by Crippen LogP contribution is -2.39. The molecule has 11 heteroatoms. The van der Waals surface area contributed by atoms with E-state index in [1.165, 1.54) is 35.9 Å². The van der Waals surface area contributed by atoms with Crippen LogP contribution in [0.25, 0.3) is 11.0 Å². The highest BCUT2D eigenvalue weighted by Crippen LogP contribution is 2.30. The van der Waals surface area contributed by atoms with Crippen LogP contribution in [0.4, 0.5) is 18.9 Å². The molecule has 2 aliphatic rings. The number of alkyl halides is 3. The summed E-state index contributed by atoms with van der Waals surface area (Å²) in [6.07, 6.45) is 3.53. The highest BCUT2D eigenvalue weighted by Gasteiger charge is 2.34. The molecule has 4 N–H and O–H groups in total. The summed E-state index contributed by atoms with van der Waals surface area (Å²) in [6.45, 7) is 1.41. The number of anilines is 1. The highest BCUT2D eigenvalue weighted by atomic mass is 19.4. The highest BCUT2D eigenvalue weighted by molar-refractivity contribution is 5.97. The Morgan fingerprint density at radius 1 is 1.15 bits per heavy atom. The SMILES string of the molecule is COC[C@@H]1Nc2ccccc2C[C@@H]1CCNC=O.O=C(NC1CCCCC1)c1ccc2nc(C(F)(F)F)[nH]c2c1. The number of hydrogen-bond donors (Lipinski definition) is 4. The maximum Gasteiger partial charge on any atom is 0.449 e. The lowest BCUT2D eigenvalue weighted by atomic mass is 9.85. The molecule has 0 radical (unpaired) electrons. The molecule has 0 bridgehead atoms. The quantitative estimate of drug-likeness (QED) is 0.228. The van der Waals surface area contributed by atoms with Gasteiger partial charge in [0.2, 0.25) is 12.2 Å². The Labute approximate surface area is 231 Å². The smallest absolute Gasteiger partial charge is 0.383 e. The van der Waals surface area contributed by atoms with Gasteiger partial charge in [0.25, 0.3) is 5.91 Å². The molecule has 5 rings (SSSR count). The summed E-state index contributed by atoms with van der Waals surface area (Å²) in [5.74, 6) is -0.809. The van der Waals surface area contributed by atoms with E-state index in [1.54, 1.807) is 7.11 Å². The number of amides is 2. The zero-order valence-electron chi connectivity index (χ0n) is 22.5. The number of rotatable bonds is 8. The minimum Gasteiger partial charge on any atom is -0.383 e. The number of imidazole rings is 1. The van der Waals surface area contributed by atoms with E-state index in [0.29, 0.717) is 24.1 Å². The van der Waals surface area contributed by atoms with Crippen molar-refractivity contribution in [3.05, 3.63) is 59.4 Å². The first-order chi connectivity index (χ1) is 19.3. The number of carbonyl (C=O) groups is 2. The molecule has 216 valence electrons. The van der Waals surface area contributed by atoms with Crippen molar-refractivity contribution in [1.29, 1.82) is 0 Å². The van der Waals surface area contributed by atoms with Gasteiger partial charge in [0.15, 0.2) is 0 Å². The van der Waals surface area contributed by atoms with E-state index >= 15 is 0 Å². The van der Waals surface area contributed by atoms with E-state index in [0.717, 1.165) is 51.5 Å². The first-order valence-electron chi connectivity index (χ1n) is 13.7. The number of fused-ring (bicyclic) bond motifs is 2. The van der Waals surface area contributed by atoms with E-state index in [1.807, 2.05) is 6.07 Å². The first kappa shape index (κ1) is 29.4. The summed E-state index contributed by atoms with van der Waals surface area (Å²) >= 11 is 0. The number of aromatic nitrogens is 2. The molecule has 1 saturated carbocycles. The Morgan fingerprint density at radius 2 is 1.93 bits per heavy atom. The number of carbonyl (C=O) groups excluding carboxylic acids is 2. The standard InChI is InChI=1S/C15H16F3N3O.C14H20N2O2/c16-15(17,18)14-20-11-7-6-9(8-12(11)21-14)13(22)19-10-4-2-1-3-5-10;1-18-9-14-12(6-7-15-10-17)8-11-4-2-3-5-13(11)16-14/h6-8,10H,1-5H2,(H,19,22)(H,20,21);2-5,10,12,14,16H,6-9H2,1H3,(H,15,17)/t;12-,14-/m.0/s1. The van der Waals surface area contributed by atoms with Crippen molar-refractivity contribution in [2.75, 3.05) is 25.6 Å². The zero-order valence-corrected chi connectivity index (χ0v) is 22.5. The molecule has 1 fully saturated rings. The van der Waals surface area contributed by atoms with E-state index in [-0.39, 0.29) is 23.0 Å². The van der Waals surface area contributed by atoms with Crippen molar-refractivity contribution in [3.8, 4) is 0 Å². The van der Waals surface area contributed by atoms with Crippen LogP contribution in [0.2, 0.25) is 0 Å². The summed E-state index contributed by atoms with van der Waals surface area (Å²) in [6, 6.07) is 13.2. The van der Waals surface area contributed by atoms with Crippen LogP contribution in [-0.2, 0) is 22.1 Å². The number of methoxy groups -OCH3 is 1. The monoisotopic (exact) mass is 559 g/mol. The van der Waals surface area contributed by atoms with Gasteiger partial charge in [0.05, 0.1) is 23.7 Å². The fourth-order valence-corrected chi connectivity index (χ4v) is 5.37. The molecule has 1 aliphatic carbocycles. The molecular formula is C29H36F3N5O3. The molecule has 3 aromatic rings. The third-order valence-electron chi connectivity index (χ3n) is 7.45. The van der Waals surface area contributed by atoms with E-state index < -0.39 is 12.0 Å². The summed E-state index contributed by atoms with van der Waals surface area (Å²) < 4.78 is 43.1. The van der Waals surface area contributed by atoms with Crippen molar-refractivity contribution in [2.24, 2.45) is 5.92 Å². The van der Waals surface area contributed by atoms with Crippen molar-refractivity contribution in [2.45, 2.75) is 63.2 Å². The van der Waals surface area contributed by atoms with Gasteiger partial charge in [-0.05, 0) is 61.4 Å². The largest absolute Gasteiger partial charge is 0.449 e. The molecule has 40 heavy (non-hydrogen) atoms. The third kappa shape index (κ3) is 7.74. The first-order valence-corrected chi connectivity index (χ1v) is 13.7. The van der Waals surface area contributed by atoms with E-state index in [4.69, 9.17) is 4.74 Å². The molecule has 2 atom stereocenters. The van der Waals surface area contributed by atoms with Gasteiger partial charge in [-0.15, -0.1) is 0 Å². The van der Waals surface area contributed by atoms with Gasteiger partial charge < -0.3 is 25.7 Å². The van der Waals surface area contributed by atoms with Crippen molar-refractivity contribution in [1.82, 2.24) is 20.6 Å². The minimum absolute atomic E-state index is 0.157. The molecule has 2 amide bonds. The normalized spacial score (nSPS) is 19.1. The maximum atomic E-state index is 12.6. The lowest BCUT2D eigenvalue weighted by molar-refractivity contribution is -0.144. The lowest BCUT2D eigenvalue weighted by Gasteiger charge is -2.34. The fourth-order valence-electron chi connectivity index (χ4n) is 5.37. The van der Waals surface area contributed by atoms with Crippen LogP contribution in [0.5, 0.6) is 0 Å². The molecule has 0 unspecified atom stereocenters. The summed E-state index contributed by atoms with van der Waals surface area (Å²) in [4.78, 5) is 28.2. The zero-order chi connectivity index (χ0) is 28.5. The fraction of sp³-hybridized carbons (Fsp3) is 0.483. The van der Waals surface area contributed by atoms with Crippen LogP contribution in [0.1, 0.15) is 60.3 Å². The van der Waals surface area contributed by atoms with Crippen molar-refractivity contribution >= 4 is 29.0 Å². The number of ether oxygens (including phenoxy) is 1. The summed E-state index contributed by atoms with van der Waals surface area (Å²) in [7, 11) is 1.73. The molecule has 2 heterocycles. The number of H-pyrrole nitrogens is 1. The molecule has 1 aliphatic heterocycles. The average Bonchev–Trinajstić information content (AvgIpc) is 3.39. The number of hydrogen-bond acceptors (Lipinski definition) is 5. The van der Waals surface area contributed by atoms with Gasteiger partial charge in [-0.3, -0.25) is 9.59 Å². The molecule has 0 saturated heterocycles. The third-order valence-corrected chi connectivity index (χ3v) is 7.45. The molecule has 8 nitrogen and oxygen atoms in total. The second-order valence-corrected chi connectivity index (χ2v) is 10.3. The maximum absolute atomic E-state index is 12.6. The number of aromatic amines is 1. The number of nitrogens with zero attached hydrogens (tertiary/aromatic N) is 1. The predicted octanol–water partition coefficient (Wildman–Crippen LogP) is 5.07. The van der Waals surface area contributed by atoms with Crippen LogP contribution < -0.4 is 16.0 Å². The van der Waals surface area contributed by atoms with Crippen molar-refractivity contribution in [3.63, 3.8) is 0 Å². The van der Waals surface area contributed by atoms with E-state index in [9.17, 15) is 22.8 Å². The molecule has 0 spiro atoms. The second-order valence-electron chi connectivity index (χ2n) is 10.3. The van der Waals surface area contributed by atoms with Gasteiger partial charge in [-0.2, -0.15) is 13.2 Å². The Bertz CT molecular complexity index is 1270. The average molecular weight is 560 g/mol. The number of para-hydroxylation sites is 1. The topological polar surface area (TPSA) is 108 Å². The predicted molar refractivity (Wildman–Crippen MR) is 147 cm³/mol. The summed E-state index contributed by atoms with van der Waals surface area (Å²) in [5.41, 5.74) is 3.31. The van der Waals surface area contributed by atoms with E-state index in [2.05, 4.69) is 44.1 Å². The van der Waals surface area contributed by atoms with Gasteiger partial charge >= 0.3 is 6.18 Å². The van der Waals surface area contributed by atoms with Gasteiger partial charge in [-0.1, -0.05) is 37.5 Å². The Morgan fingerprint density at radius 3 is 2.65 bits per heavy atom.